The summed E-state index contributed by atoms with van der Waals surface area (Å²) in [6.07, 6.45) is 10.4. The van der Waals surface area contributed by atoms with Gasteiger partial charge in [0.1, 0.15) is 29.7 Å². The SMILES string of the molecule is C=CCCC=C.CCCC[C@H](NC(C)=O)C(=O)N[C@H]1CCNC(=O)CCC(=O)NCC[C@@H](C(=O)C[C@@H](Cc2c[nH]c3ccccc23)C(N)=O)CC(=O)[C@H](CCCN=C(N)N)CC(=O)[C@@H](Cc2ccccc2)NC(=O)[C@H](Cc2cnc[nH]2)NC1=O. The van der Waals surface area contributed by atoms with Crippen molar-refractivity contribution in [1.82, 2.24) is 46.9 Å². The van der Waals surface area contributed by atoms with Crippen molar-refractivity contribution < 1.29 is 47.9 Å². The molecule has 1 aliphatic heterocycles. The number of allylic oxidation sites excluding steroid dienone is 2. The summed E-state index contributed by atoms with van der Waals surface area (Å²) in [5.41, 5.74) is 19.8. The van der Waals surface area contributed by atoms with Crippen LogP contribution < -0.4 is 49.1 Å². The molecule has 23 heteroatoms. The van der Waals surface area contributed by atoms with E-state index >= 15 is 0 Å². The number of primary amides is 1. The highest BCUT2D eigenvalue weighted by atomic mass is 16.2. The first kappa shape index (κ1) is 67.7. The monoisotopic (exact) mass is 1160 g/mol. The van der Waals surface area contributed by atoms with Crippen molar-refractivity contribution in [3.63, 3.8) is 0 Å². The van der Waals surface area contributed by atoms with Gasteiger partial charge in [-0.05, 0) is 75.0 Å². The second-order valence-corrected chi connectivity index (χ2v) is 21.0. The van der Waals surface area contributed by atoms with E-state index in [2.05, 4.69) is 65.0 Å². The maximum Gasteiger partial charge on any atom is 0.243 e. The van der Waals surface area contributed by atoms with Gasteiger partial charge in [0.25, 0.3) is 0 Å². The molecule has 14 N–H and O–H groups in total. The maximum absolute atomic E-state index is 14.8. The molecule has 454 valence electrons. The standard InChI is InChI=1S/C55H75N13O10.C6H10/c1-3-4-15-42(65-33(2)69)52(76)66-43-20-23-61-50(74)18-17-49(73)60-22-19-36(47(71)28-37(51(56)75)25-38-30-63-41-16-9-8-14-40(38)41)26-46(70)35(13-10-21-62-55(57)58)27-48(72)44(24-34-11-6-5-7-12-34)67-54(78)45(68-53(43)77)29-39-31-59-32-64-39;1-3-5-6-4-2/h5-9,11-12,14,16,30-32,35-37,42-45,63H,3-4,10,13,15,17-29H2,1-2H3,(H2,56,75)(H,59,64)(H,60,73)(H,61,74)(H,65,69)(H,66,76)(H,67,78)(H,68,77)(H4,57,58,62);3-4H,1-2,5-6H2/t35-,36-,37-,42+,43+,44-,45+;/m1./s1. The van der Waals surface area contributed by atoms with Crippen molar-refractivity contribution >= 4 is 75.6 Å². The number of amides is 7. The fourth-order valence-corrected chi connectivity index (χ4v) is 9.65. The number of nitrogens with two attached hydrogens (primary N) is 3. The average Bonchev–Trinajstić information content (AvgIpc) is 4.34. The molecule has 2 aromatic carbocycles. The van der Waals surface area contributed by atoms with Crippen molar-refractivity contribution in [3.8, 4) is 0 Å². The second-order valence-electron chi connectivity index (χ2n) is 21.0. The first-order valence-corrected chi connectivity index (χ1v) is 28.7. The number of carbonyl (C=O) groups excluding carboxylic acids is 10. The Hall–Kier alpha value is -8.76. The van der Waals surface area contributed by atoms with Crippen LogP contribution in [0, 0.1) is 17.8 Å². The summed E-state index contributed by atoms with van der Waals surface area (Å²) in [5.74, 6) is -9.29. The van der Waals surface area contributed by atoms with Gasteiger partial charge in [-0.3, -0.25) is 52.9 Å². The van der Waals surface area contributed by atoms with Crippen LogP contribution in [0.1, 0.15) is 121 Å². The predicted octanol–water partition coefficient (Wildman–Crippen LogP) is 3.28. The molecule has 1 saturated heterocycles. The number of para-hydroxylation sites is 1. The van der Waals surface area contributed by atoms with Crippen LogP contribution in [-0.2, 0) is 67.2 Å². The van der Waals surface area contributed by atoms with Gasteiger partial charge in [0.15, 0.2) is 11.7 Å². The number of nitrogens with one attached hydrogen (secondary N) is 8. The largest absolute Gasteiger partial charge is 0.370 e. The van der Waals surface area contributed by atoms with Crippen LogP contribution >= 0.6 is 0 Å². The predicted molar refractivity (Wildman–Crippen MR) is 320 cm³/mol. The van der Waals surface area contributed by atoms with Gasteiger partial charge in [-0.2, -0.15) is 0 Å². The van der Waals surface area contributed by atoms with Crippen molar-refractivity contribution in [2.75, 3.05) is 19.6 Å². The number of hydrogen-bond acceptors (Lipinski definition) is 12. The summed E-state index contributed by atoms with van der Waals surface area (Å²) in [6, 6.07) is 11.2. The van der Waals surface area contributed by atoms with Gasteiger partial charge in [0.2, 0.25) is 41.4 Å². The van der Waals surface area contributed by atoms with Crippen LogP contribution in [0.5, 0.6) is 0 Å². The van der Waals surface area contributed by atoms with Crippen LogP contribution in [0.3, 0.4) is 0 Å². The van der Waals surface area contributed by atoms with E-state index in [1.807, 2.05) is 43.3 Å². The summed E-state index contributed by atoms with van der Waals surface area (Å²) < 4.78 is 0. The molecule has 0 bridgehead atoms. The number of hydrogen-bond donors (Lipinski definition) is 11. The van der Waals surface area contributed by atoms with E-state index < -0.39 is 107 Å². The van der Waals surface area contributed by atoms with E-state index in [4.69, 9.17) is 17.2 Å². The van der Waals surface area contributed by atoms with Crippen molar-refractivity contribution in [2.24, 2.45) is 39.9 Å². The van der Waals surface area contributed by atoms with Gasteiger partial charge in [0.05, 0.1) is 12.4 Å². The number of guanidine groups is 1. The second kappa shape index (κ2) is 36.6. The Morgan fingerprint density at radius 1 is 0.798 bits per heavy atom. The van der Waals surface area contributed by atoms with Gasteiger partial charge < -0.3 is 59.1 Å². The number of carbonyl (C=O) groups is 10. The molecule has 3 heterocycles. The van der Waals surface area contributed by atoms with Crippen molar-refractivity contribution in [2.45, 2.75) is 147 Å². The van der Waals surface area contributed by atoms with Crippen molar-refractivity contribution in [3.05, 3.63) is 115 Å². The van der Waals surface area contributed by atoms with Gasteiger partial charge in [-0.25, -0.2) is 4.98 Å². The number of aromatic amines is 2. The Kier molecular flexibility index (Phi) is 29.6. The Balaban J connectivity index is 0.00000239. The zero-order valence-corrected chi connectivity index (χ0v) is 48.4. The molecule has 5 rings (SSSR count). The maximum atomic E-state index is 14.8. The molecule has 0 radical (unpaired) electrons. The molecule has 1 aliphatic rings. The lowest BCUT2D eigenvalue weighted by atomic mass is 9.81. The van der Waals surface area contributed by atoms with E-state index in [0.717, 1.165) is 29.3 Å². The average molecular weight is 1160 g/mol. The van der Waals surface area contributed by atoms with E-state index in [-0.39, 0.29) is 103 Å². The summed E-state index contributed by atoms with van der Waals surface area (Å²) in [6.45, 7) is 10.1. The minimum atomic E-state index is -1.40. The summed E-state index contributed by atoms with van der Waals surface area (Å²) in [7, 11) is 0. The van der Waals surface area contributed by atoms with E-state index in [1.54, 1.807) is 36.5 Å². The van der Waals surface area contributed by atoms with E-state index in [0.29, 0.717) is 24.1 Å². The number of rotatable bonds is 23. The third-order valence-corrected chi connectivity index (χ3v) is 14.3. The molecule has 2 aromatic heterocycles. The Bertz CT molecular complexity index is 2860. The molecule has 0 saturated carbocycles. The zero-order valence-electron chi connectivity index (χ0n) is 48.4. The summed E-state index contributed by atoms with van der Waals surface area (Å²) in [5, 5.41) is 17.1. The van der Waals surface area contributed by atoms with Gasteiger partial charge in [0, 0.05) is 112 Å². The number of ketones is 3. The minimum Gasteiger partial charge on any atom is -0.370 e. The van der Waals surface area contributed by atoms with Gasteiger partial charge in [-0.15, -0.1) is 13.2 Å². The molecule has 4 aromatic rings. The lowest BCUT2D eigenvalue weighted by Crippen LogP contribution is -2.58. The number of Topliss-reactive ketones (excluding diaryl/α,β-unsaturated/α-hetero) is 3. The van der Waals surface area contributed by atoms with Crippen LogP contribution in [-0.4, -0.2) is 123 Å². The van der Waals surface area contributed by atoms with Gasteiger partial charge in [-0.1, -0.05) is 80.4 Å². The molecule has 23 nitrogen and oxygen atoms in total. The van der Waals surface area contributed by atoms with Crippen LogP contribution in [0.2, 0.25) is 0 Å². The molecule has 7 amide bonds. The third-order valence-electron chi connectivity index (χ3n) is 14.3. The van der Waals surface area contributed by atoms with Gasteiger partial charge >= 0.3 is 0 Å². The highest BCUT2D eigenvalue weighted by Gasteiger charge is 2.35. The number of aliphatic imine (C=N–C) groups is 1. The number of imidazole rings is 1. The molecule has 84 heavy (non-hydrogen) atoms. The highest BCUT2D eigenvalue weighted by molar-refractivity contribution is 5.98. The minimum absolute atomic E-state index is 0.0303. The number of nitrogens with zero attached hydrogens (tertiary/aromatic N) is 2. The smallest absolute Gasteiger partial charge is 0.243 e. The summed E-state index contributed by atoms with van der Waals surface area (Å²) >= 11 is 0. The van der Waals surface area contributed by atoms with Crippen molar-refractivity contribution in [1.29, 1.82) is 0 Å². The quantitative estimate of drug-likeness (QED) is 0.0220. The lowest BCUT2D eigenvalue weighted by molar-refractivity contribution is -0.135. The molecule has 0 spiro atoms. The first-order valence-electron chi connectivity index (χ1n) is 28.7. The fourth-order valence-electron chi connectivity index (χ4n) is 9.65. The first-order chi connectivity index (χ1) is 40.3. The third kappa shape index (κ3) is 24.4. The highest BCUT2D eigenvalue weighted by Crippen LogP contribution is 2.27. The number of fused-ring (bicyclic) bond motifs is 1. The zero-order chi connectivity index (χ0) is 61.4. The van der Waals surface area contributed by atoms with Crippen LogP contribution in [0.25, 0.3) is 10.9 Å². The normalized spacial score (nSPS) is 19.5. The van der Waals surface area contributed by atoms with E-state index in [1.165, 1.54) is 19.4 Å². The molecule has 1 fully saturated rings. The molecule has 7 atom stereocenters. The molecular formula is C61H85N13O10. The molecule has 0 aliphatic carbocycles. The topological polar surface area (TPSA) is 378 Å². The molecular weight excluding hydrogens is 1070 g/mol. The number of benzene rings is 2. The number of unbranched alkanes of at least 4 members (excludes halogenated alkanes) is 2. The Morgan fingerprint density at radius 3 is 2.10 bits per heavy atom. The number of aromatic nitrogens is 3. The lowest BCUT2D eigenvalue weighted by Gasteiger charge is -2.27. The summed E-state index contributed by atoms with van der Waals surface area (Å²) in [4.78, 5) is 153. The van der Waals surface area contributed by atoms with Crippen LogP contribution in [0.15, 0.2) is 104 Å². The van der Waals surface area contributed by atoms with Crippen LogP contribution in [0.4, 0.5) is 0 Å². The van der Waals surface area contributed by atoms with E-state index in [9.17, 15) is 47.9 Å². The number of H-pyrrole nitrogens is 2. The Labute approximate surface area is 490 Å². The fraction of sp³-hybridized carbons (Fsp3) is 0.475. The molecule has 0 unspecified atom stereocenters. The Morgan fingerprint density at radius 2 is 1.46 bits per heavy atom.